The number of carbonyl (C=O) groups is 1. The second kappa shape index (κ2) is 5.88. The van der Waals surface area contributed by atoms with Crippen molar-refractivity contribution >= 4 is 38.5 Å². The Kier molecular flexibility index (Phi) is 4.20. The highest BCUT2D eigenvalue weighted by atomic mass is 79.9. The molecule has 8 nitrogen and oxygen atoms in total. The standard InChI is InChI=1S/C11H13BrN6O2/c1-3-18-10(7(2)12)15-11(16-18)14-8-4-13-17(5-8)6-9(19)20/h3,5,13H,1-2,4,6H2,(H,14,16)(H,19,20). The number of hydrogen-bond acceptors (Lipinski definition) is 6. The van der Waals surface area contributed by atoms with Crippen LogP contribution in [0.25, 0.3) is 10.7 Å². The molecule has 1 aliphatic rings. The maximum atomic E-state index is 10.6. The Morgan fingerprint density at radius 3 is 3.00 bits per heavy atom. The summed E-state index contributed by atoms with van der Waals surface area (Å²) in [6.45, 7) is 7.73. The van der Waals surface area contributed by atoms with Gasteiger partial charge in [0.1, 0.15) is 6.54 Å². The Bertz CT molecular complexity index is 594. The highest BCUT2D eigenvalue weighted by molar-refractivity contribution is 9.15. The lowest BCUT2D eigenvalue weighted by Gasteiger charge is -2.10. The Labute approximate surface area is 123 Å². The van der Waals surface area contributed by atoms with E-state index in [0.717, 1.165) is 5.70 Å². The molecule has 1 aromatic rings. The minimum atomic E-state index is -0.915. The van der Waals surface area contributed by atoms with Crippen molar-refractivity contribution in [1.82, 2.24) is 25.2 Å². The third kappa shape index (κ3) is 3.25. The van der Waals surface area contributed by atoms with Gasteiger partial charge in [-0.25, -0.2) is 10.1 Å². The summed E-state index contributed by atoms with van der Waals surface area (Å²) in [4.78, 5) is 14.8. The molecule has 9 heteroatoms. The van der Waals surface area contributed by atoms with Crippen molar-refractivity contribution in [2.24, 2.45) is 0 Å². The second-order valence-corrected chi connectivity index (χ2v) is 4.88. The van der Waals surface area contributed by atoms with Gasteiger partial charge >= 0.3 is 5.97 Å². The number of halogens is 1. The molecule has 0 atom stereocenters. The lowest BCUT2D eigenvalue weighted by molar-refractivity contribution is -0.138. The minimum absolute atomic E-state index is 0.122. The van der Waals surface area contributed by atoms with Gasteiger partial charge in [0.15, 0.2) is 5.82 Å². The quantitative estimate of drug-likeness (QED) is 0.708. The highest BCUT2D eigenvalue weighted by Gasteiger charge is 2.16. The molecular weight excluding hydrogens is 328 g/mol. The molecule has 0 unspecified atom stereocenters. The number of rotatable bonds is 6. The number of aliphatic carboxylic acids is 1. The zero-order valence-electron chi connectivity index (χ0n) is 10.5. The summed E-state index contributed by atoms with van der Waals surface area (Å²) >= 11 is 3.24. The molecule has 2 heterocycles. The zero-order chi connectivity index (χ0) is 14.7. The van der Waals surface area contributed by atoms with Crippen molar-refractivity contribution in [3.8, 4) is 0 Å². The summed E-state index contributed by atoms with van der Waals surface area (Å²) in [5.74, 6) is 0.00380. The maximum Gasteiger partial charge on any atom is 0.324 e. The van der Waals surface area contributed by atoms with Crippen molar-refractivity contribution in [3.05, 3.63) is 30.9 Å². The monoisotopic (exact) mass is 340 g/mol. The summed E-state index contributed by atoms with van der Waals surface area (Å²) in [6.07, 6.45) is 3.17. The van der Waals surface area contributed by atoms with Crippen molar-refractivity contribution in [2.75, 3.05) is 18.4 Å². The Morgan fingerprint density at radius 2 is 2.45 bits per heavy atom. The van der Waals surface area contributed by atoms with Crippen LogP contribution in [0.1, 0.15) is 5.82 Å². The van der Waals surface area contributed by atoms with Gasteiger partial charge in [0, 0.05) is 12.4 Å². The third-order valence-electron chi connectivity index (χ3n) is 2.41. The minimum Gasteiger partial charge on any atom is -0.480 e. The summed E-state index contributed by atoms with van der Waals surface area (Å²) in [6, 6.07) is 0. The van der Waals surface area contributed by atoms with E-state index in [2.05, 4.69) is 49.9 Å². The molecule has 2 rings (SSSR count). The van der Waals surface area contributed by atoms with Crippen LogP contribution >= 0.6 is 15.9 Å². The third-order valence-corrected chi connectivity index (χ3v) is 2.76. The van der Waals surface area contributed by atoms with Gasteiger partial charge in [-0.15, -0.1) is 5.10 Å². The van der Waals surface area contributed by atoms with Crippen LogP contribution in [-0.4, -0.2) is 43.9 Å². The molecule has 0 saturated carbocycles. The summed E-state index contributed by atoms with van der Waals surface area (Å²) in [5.41, 5.74) is 3.67. The Morgan fingerprint density at radius 1 is 1.70 bits per heavy atom. The van der Waals surface area contributed by atoms with Crippen LogP contribution in [0.15, 0.2) is 25.1 Å². The molecule has 106 valence electrons. The average Bonchev–Trinajstić information content (AvgIpc) is 2.96. The van der Waals surface area contributed by atoms with Crippen LogP contribution in [0.3, 0.4) is 0 Å². The van der Waals surface area contributed by atoms with Gasteiger partial charge in [-0.05, 0) is 15.9 Å². The van der Waals surface area contributed by atoms with E-state index in [-0.39, 0.29) is 6.54 Å². The topological polar surface area (TPSA) is 95.3 Å². The summed E-state index contributed by atoms with van der Waals surface area (Å²) < 4.78 is 2.07. The first-order valence-electron chi connectivity index (χ1n) is 5.63. The van der Waals surface area contributed by atoms with E-state index >= 15 is 0 Å². The molecule has 1 aromatic heterocycles. The first kappa shape index (κ1) is 14.3. The van der Waals surface area contributed by atoms with E-state index < -0.39 is 5.97 Å². The van der Waals surface area contributed by atoms with Crippen LogP contribution in [0.4, 0.5) is 5.95 Å². The number of hydrogen-bond donors (Lipinski definition) is 3. The SMILES string of the molecule is C=Cn1nc(NC2=CN(CC(=O)O)NC2)nc1C(=C)Br. The van der Waals surface area contributed by atoms with Crippen LogP contribution in [-0.2, 0) is 4.79 Å². The maximum absolute atomic E-state index is 10.6. The van der Waals surface area contributed by atoms with Gasteiger partial charge in [-0.1, -0.05) is 13.2 Å². The molecule has 0 aliphatic carbocycles. The van der Waals surface area contributed by atoms with Crippen molar-refractivity contribution < 1.29 is 9.90 Å². The lowest BCUT2D eigenvalue weighted by Crippen LogP contribution is -2.33. The number of anilines is 1. The van der Waals surface area contributed by atoms with Gasteiger partial charge in [0.25, 0.3) is 0 Å². The molecule has 0 saturated heterocycles. The van der Waals surface area contributed by atoms with Gasteiger partial charge in [-0.3, -0.25) is 4.79 Å². The Balaban J connectivity index is 2.09. The molecule has 0 spiro atoms. The van der Waals surface area contributed by atoms with Gasteiger partial charge < -0.3 is 15.4 Å². The molecule has 3 N–H and O–H groups in total. The lowest BCUT2D eigenvalue weighted by atomic mass is 10.5. The zero-order valence-corrected chi connectivity index (χ0v) is 12.1. The predicted octanol–water partition coefficient (Wildman–Crippen LogP) is 0.902. The van der Waals surface area contributed by atoms with E-state index in [0.29, 0.717) is 22.8 Å². The average molecular weight is 341 g/mol. The second-order valence-electron chi connectivity index (χ2n) is 3.93. The van der Waals surface area contributed by atoms with E-state index in [1.165, 1.54) is 15.9 Å². The molecule has 0 bridgehead atoms. The van der Waals surface area contributed by atoms with Crippen LogP contribution < -0.4 is 10.7 Å². The van der Waals surface area contributed by atoms with Crippen molar-refractivity contribution in [3.63, 3.8) is 0 Å². The first-order valence-corrected chi connectivity index (χ1v) is 6.42. The highest BCUT2D eigenvalue weighted by Crippen LogP contribution is 2.19. The normalized spacial score (nSPS) is 14.1. The fourth-order valence-electron chi connectivity index (χ4n) is 1.62. The first-order chi connectivity index (χ1) is 9.49. The van der Waals surface area contributed by atoms with Crippen molar-refractivity contribution in [1.29, 1.82) is 0 Å². The summed E-state index contributed by atoms with van der Waals surface area (Å²) in [5, 5.41) is 17.4. The molecule has 1 aliphatic heterocycles. The number of hydrazine groups is 1. The van der Waals surface area contributed by atoms with Crippen LogP contribution in [0.5, 0.6) is 0 Å². The summed E-state index contributed by atoms with van der Waals surface area (Å²) in [7, 11) is 0. The molecule has 0 aromatic carbocycles. The number of carboxylic acid groups (broad SMARTS) is 1. The van der Waals surface area contributed by atoms with Gasteiger partial charge in [0.05, 0.1) is 16.7 Å². The van der Waals surface area contributed by atoms with Crippen LogP contribution in [0, 0.1) is 0 Å². The van der Waals surface area contributed by atoms with E-state index in [4.69, 9.17) is 5.11 Å². The predicted molar refractivity (Wildman–Crippen MR) is 78.4 cm³/mol. The Hall–Kier alpha value is -2.13. The number of nitrogens with zero attached hydrogens (tertiary/aromatic N) is 4. The molecule has 0 amide bonds. The number of nitrogens with one attached hydrogen (secondary N) is 2. The van der Waals surface area contributed by atoms with E-state index in [1.54, 1.807) is 6.20 Å². The fourth-order valence-corrected chi connectivity index (χ4v) is 1.89. The number of carboxylic acids is 1. The molecular formula is C11H13BrN6O2. The van der Waals surface area contributed by atoms with Crippen molar-refractivity contribution in [2.45, 2.75) is 0 Å². The van der Waals surface area contributed by atoms with Gasteiger partial charge in [0.2, 0.25) is 5.95 Å². The molecule has 0 radical (unpaired) electrons. The smallest absolute Gasteiger partial charge is 0.324 e. The number of aromatic nitrogens is 3. The fraction of sp³-hybridized carbons (Fsp3) is 0.182. The van der Waals surface area contributed by atoms with E-state index in [1.807, 2.05) is 0 Å². The van der Waals surface area contributed by atoms with E-state index in [9.17, 15) is 4.79 Å². The van der Waals surface area contributed by atoms with Gasteiger partial charge in [-0.2, -0.15) is 4.98 Å². The largest absolute Gasteiger partial charge is 0.480 e. The van der Waals surface area contributed by atoms with Crippen LogP contribution in [0.2, 0.25) is 0 Å². The molecule has 20 heavy (non-hydrogen) atoms. The molecule has 0 fully saturated rings.